The molecule has 4 heteroatoms. The zero-order chi connectivity index (χ0) is 41.9. The SMILES string of the molecule is CC/C=C\C/C=C\C/C=C\C/C=C\CCCCCCCCCCC(=O)OC(CO)COCCCCCCCCCCCCCCCCCCCCCCCCCCC. The summed E-state index contributed by atoms with van der Waals surface area (Å²) >= 11 is 0. The Balaban J connectivity index is 3.38. The summed E-state index contributed by atoms with van der Waals surface area (Å²) in [5.41, 5.74) is 0. The van der Waals surface area contributed by atoms with Gasteiger partial charge in [-0.3, -0.25) is 4.79 Å². The molecule has 0 saturated carbocycles. The lowest BCUT2D eigenvalue weighted by Crippen LogP contribution is -2.27. The minimum absolute atomic E-state index is 0.173. The third-order valence-corrected chi connectivity index (χ3v) is 11.4. The molecule has 1 atom stereocenters. The molecule has 0 aromatic rings. The summed E-state index contributed by atoms with van der Waals surface area (Å²) in [6.45, 7) is 5.27. The monoisotopic (exact) mass is 813 g/mol. The minimum Gasteiger partial charge on any atom is -0.457 e. The molecule has 0 aliphatic carbocycles. The van der Waals surface area contributed by atoms with Crippen molar-refractivity contribution < 1.29 is 19.4 Å². The first-order valence-corrected chi connectivity index (χ1v) is 25.7. The van der Waals surface area contributed by atoms with Crippen LogP contribution in [-0.4, -0.2) is 37.0 Å². The summed E-state index contributed by atoms with van der Waals surface area (Å²) in [6.07, 6.45) is 67.8. The predicted octanol–water partition coefficient (Wildman–Crippen LogP) is 17.4. The van der Waals surface area contributed by atoms with Crippen LogP contribution < -0.4 is 0 Å². The van der Waals surface area contributed by atoms with Crippen LogP contribution in [0.2, 0.25) is 0 Å². The van der Waals surface area contributed by atoms with Crippen molar-refractivity contribution in [3.05, 3.63) is 48.6 Å². The van der Waals surface area contributed by atoms with Gasteiger partial charge in [-0.05, 0) is 51.4 Å². The molecule has 0 aliphatic rings. The highest BCUT2D eigenvalue weighted by molar-refractivity contribution is 5.69. The summed E-state index contributed by atoms with van der Waals surface area (Å²) in [7, 11) is 0. The van der Waals surface area contributed by atoms with E-state index in [4.69, 9.17) is 9.47 Å². The molecule has 0 rings (SSSR count). The second-order valence-electron chi connectivity index (χ2n) is 17.2. The van der Waals surface area contributed by atoms with Gasteiger partial charge in [0.2, 0.25) is 0 Å². The molecule has 0 bridgehead atoms. The van der Waals surface area contributed by atoms with Crippen molar-refractivity contribution in [2.24, 2.45) is 0 Å². The van der Waals surface area contributed by atoms with Crippen molar-refractivity contribution in [1.29, 1.82) is 0 Å². The van der Waals surface area contributed by atoms with E-state index in [2.05, 4.69) is 62.5 Å². The molecular weight excluding hydrogens is 713 g/mol. The molecule has 0 fully saturated rings. The topological polar surface area (TPSA) is 55.8 Å². The van der Waals surface area contributed by atoms with Crippen LogP contribution in [-0.2, 0) is 14.3 Å². The lowest BCUT2D eigenvalue weighted by atomic mass is 10.0. The average Bonchev–Trinajstić information content (AvgIpc) is 3.23. The number of esters is 1. The van der Waals surface area contributed by atoms with Crippen molar-refractivity contribution in [2.45, 2.75) is 270 Å². The number of hydrogen-bond acceptors (Lipinski definition) is 4. The highest BCUT2D eigenvalue weighted by Gasteiger charge is 2.13. The largest absolute Gasteiger partial charge is 0.457 e. The molecule has 1 N–H and O–H groups in total. The number of unbranched alkanes of at least 4 members (excludes halogenated alkanes) is 32. The normalized spacial score (nSPS) is 12.7. The number of carbonyl (C=O) groups is 1. The summed E-state index contributed by atoms with van der Waals surface area (Å²) in [6, 6.07) is 0. The van der Waals surface area contributed by atoms with Gasteiger partial charge >= 0.3 is 5.97 Å². The maximum atomic E-state index is 12.3. The first-order chi connectivity index (χ1) is 28.7. The van der Waals surface area contributed by atoms with E-state index in [-0.39, 0.29) is 12.6 Å². The molecule has 0 saturated heterocycles. The van der Waals surface area contributed by atoms with Gasteiger partial charge in [0.15, 0.2) is 0 Å². The fourth-order valence-electron chi connectivity index (χ4n) is 7.62. The van der Waals surface area contributed by atoms with Crippen LogP contribution in [0.15, 0.2) is 48.6 Å². The van der Waals surface area contributed by atoms with E-state index in [0.29, 0.717) is 19.6 Å². The van der Waals surface area contributed by atoms with Gasteiger partial charge < -0.3 is 14.6 Å². The summed E-state index contributed by atoms with van der Waals surface area (Å²) < 4.78 is 11.2. The third kappa shape index (κ3) is 48.7. The number of aliphatic hydroxyl groups excluding tert-OH is 1. The van der Waals surface area contributed by atoms with Crippen LogP contribution in [0.1, 0.15) is 264 Å². The maximum Gasteiger partial charge on any atom is 0.306 e. The number of ether oxygens (including phenoxy) is 2. The summed E-state index contributed by atoms with van der Waals surface area (Å²) in [4.78, 5) is 12.3. The Kier molecular flexibility index (Phi) is 50.0. The smallest absolute Gasteiger partial charge is 0.306 e. The molecule has 1 unspecified atom stereocenters. The molecule has 4 nitrogen and oxygen atoms in total. The van der Waals surface area contributed by atoms with Gasteiger partial charge in [0, 0.05) is 13.0 Å². The summed E-state index contributed by atoms with van der Waals surface area (Å²) in [5, 5.41) is 9.65. The van der Waals surface area contributed by atoms with Crippen LogP contribution in [0.3, 0.4) is 0 Å². The molecule has 0 aromatic carbocycles. The molecule has 340 valence electrons. The molecule has 0 heterocycles. The second-order valence-corrected chi connectivity index (χ2v) is 17.2. The average molecular weight is 813 g/mol. The number of rotatable bonds is 48. The molecular formula is C54H100O4. The van der Waals surface area contributed by atoms with E-state index < -0.39 is 6.10 Å². The van der Waals surface area contributed by atoms with Crippen molar-refractivity contribution in [1.82, 2.24) is 0 Å². The Morgan fingerprint density at radius 2 is 0.776 bits per heavy atom. The van der Waals surface area contributed by atoms with Crippen LogP contribution in [0.5, 0.6) is 0 Å². The Morgan fingerprint density at radius 3 is 1.17 bits per heavy atom. The van der Waals surface area contributed by atoms with E-state index in [1.54, 1.807) is 0 Å². The van der Waals surface area contributed by atoms with Gasteiger partial charge in [-0.2, -0.15) is 0 Å². The second kappa shape index (κ2) is 51.5. The molecule has 0 amide bonds. The number of hydrogen-bond donors (Lipinski definition) is 1. The third-order valence-electron chi connectivity index (χ3n) is 11.4. The van der Waals surface area contributed by atoms with Gasteiger partial charge in [-0.25, -0.2) is 0 Å². The number of allylic oxidation sites excluding steroid dienone is 8. The standard InChI is InChI=1S/C54H100O4/c1-3-5-7-9-11-13-15-17-19-21-23-25-26-27-28-30-32-34-36-38-40-42-44-46-48-50-57-52-53(51-55)58-54(56)49-47-45-43-41-39-37-35-33-31-29-24-22-20-18-16-14-12-10-8-6-4-2/h6,8,12,14,18,20,24,29,53,55H,3-5,7,9-11,13,15-17,19,21-23,25-28,30-52H2,1-2H3/b8-6-,14-12-,20-18-,29-24-. The first-order valence-electron chi connectivity index (χ1n) is 25.7. The quantitative estimate of drug-likeness (QED) is 0.0378. The van der Waals surface area contributed by atoms with E-state index in [9.17, 15) is 9.90 Å². The number of carbonyl (C=O) groups excluding carboxylic acids is 1. The lowest BCUT2D eigenvalue weighted by molar-refractivity contribution is -0.154. The van der Waals surface area contributed by atoms with Crippen molar-refractivity contribution >= 4 is 5.97 Å². The summed E-state index contributed by atoms with van der Waals surface area (Å²) in [5.74, 6) is -0.205. The molecule has 58 heavy (non-hydrogen) atoms. The Morgan fingerprint density at radius 1 is 0.431 bits per heavy atom. The van der Waals surface area contributed by atoms with Gasteiger partial charge in [-0.1, -0.05) is 255 Å². The van der Waals surface area contributed by atoms with Gasteiger partial charge in [0.1, 0.15) is 6.10 Å². The van der Waals surface area contributed by atoms with Crippen LogP contribution in [0.4, 0.5) is 0 Å². The fourth-order valence-corrected chi connectivity index (χ4v) is 7.62. The molecule has 0 spiro atoms. The zero-order valence-corrected chi connectivity index (χ0v) is 39.1. The van der Waals surface area contributed by atoms with Crippen molar-refractivity contribution in [3.63, 3.8) is 0 Å². The Hall–Kier alpha value is -1.65. The van der Waals surface area contributed by atoms with Gasteiger partial charge in [-0.15, -0.1) is 0 Å². The van der Waals surface area contributed by atoms with Crippen LogP contribution in [0.25, 0.3) is 0 Å². The molecule has 0 aromatic heterocycles. The first kappa shape index (κ1) is 56.4. The van der Waals surface area contributed by atoms with Gasteiger partial charge in [0.25, 0.3) is 0 Å². The highest BCUT2D eigenvalue weighted by atomic mass is 16.6. The van der Waals surface area contributed by atoms with Crippen LogP contribution in [0, 0.1) is 0 Å². The highest BCUT2D eigenvalue weighted by Crippen LogP contribution is 2.16. The van der Waals surface area contributed by atoms with Crippen molar-refractivity contribution in [2.75, 3.05) is 19.8 Å². The predicted molar refractivity (Wildman–Crippen MR) is 256 cm³/mol. The van der Waals surface area contributed by atoms with E-state index in [0.717, 1.165) is 44.9 Å². The van der Waals surface area contributed by atoms with Gasteiger partial charge in [0.05, 0.1) is 13.2 Å². The van der Waals surface area contributed by atoms with E-state index >= 15 is 0 Å². The van der Waals surface area contributed by atoms with Crippen molar-refractivity contribution in [3.8, 4) is 0 Å². The minimum atomic E-state index is -0.539. The van der Waals surface area contributed by atoms with E-state index in [1.165, 1.54) is 199 Å². The Bertz CT molecular complexity index is 905. The molecule has 0 aliphatic heterocycles. The van der Waals surface area contributed by atoms with Crippen LogP contribution >= 0.6 is 0 Å². The molecule has 0 radical (unpaired) electrons. The number of aliphatic hydroxyl groups is 1. The van der Waals surface area contributed by atoms with E-state index in [1.807, 2.05) is 0 Å². The zero-order valence-electron chi connectivity index (χ0n) is 39.1. The Labute approximate surface area is 363 Å². The maximum absolute atomic E-state index is 12.3. The fraction of sp³-hybridized carbons (Fsp3) is 0.833. The lowest BCUT2D eigenvalue weighted by Gasteiger charge is -2.16.